The molecule has 1 aromatic rings. The highest BCUT2D eigenvalue weighted by molar-refractivity contribution is 5.82. The molecule has 1 aliphatic rings. The van der Waals surface area contributed by atoms with E-state index >= 15 is 0 Å². The Hall–Kier alpha value is -1.64. The van der Waals surface area contributed by atoms with Crippen LogP contribution in [0.25, 0.3) is 0 Å². The van der Waals surface area contributed by atoms with Crippen molar-refractivity contribution in [2.45, 2.75) is 18.8 Å². The van der Waals surface area contributed by atoms with Crippen LogP contribution in [-0.2, 0) is 11.4 Å². The Morgan fingerprint density at radius 1 is 1.53 bits per heavy atom. The molecule has 0 bridgehead atoms. The monoisotopic (exact) mass is 250 g/mol. The van der Waals surface area contributed by atoms with Gasteiger partial charge in [-0.1, -0.05) is 5.21 Å². The SMILES string of the molecule is O=C(N1CC(n2cc(CO)nn2)C1)C(F)(F)F. The van der Waals surface area contributed by atoms with Crippen molar-refractivity contribution >= 4 is 5.91 Å². The number of amides is 1. The molecule has 9 heteroatoms. The van der Waals surface area contributed by atoms with Crippen LogP contribution < -0.4 is 0 Å². The van der Waals surface area contributed by atoms with E-state index in [0.717, 1.165) is 0 Å². The molecule has 6 nitrogen and oxygen atoms in total. The van der Waals surface area contributed by atoms with Gasteiger partial charge >= 0.3 is 12.1 Å². The molecule has 1 saturated heterocycles. The quantitative estimate of drug-likeness (QED) is 0.783. The average Bonchev–Trinajstić information content (AvgIpc) is 2.62. The first-order valence-corrected chi connectivity index (χ1v) is 4.79. The van der Waals surface area contributed by atoms with Crippen LogP contribution in [0.4, 0.5) is 13.2 Å². The van der Waals surface area contributed by atoms with Crippen molar-refractivity contribution in [2.75, 3.05) is 13.1 Å². The van der Waals surface area contributed by atoms with Crippen molar-refractivity contribution in [1.82, 2.24) is 19.9 Å². The van der Waals surface area contributed by atoms with E-state index in [2.05, 4.69) is 10.3 Å². The molecule has 1 aliphatic heterocycles. The normalized spacial score (nSPS) is 17.1. The van der Waals surface area contributed by atoms with Gasteiger partial charge in [-0.05, 0) is 0 Å². The number of alkyl halides is 3. The Morgan fingerprint density at radius 2 is 2.18 bits per heavy atom. The maximum absolute atomic E-state index is 12.0. The molecule has 0 unspecified atom stereocenters. The first-order valence-electron chi connectivity index (χ1n) is 4.79. The highest BCUT2D eigenvalue weighted by Crippen LogP contribution is 2.26. The average molecular weight is 250 g/mol. The molecule has 0 atom stereocenters. The van der Waals surface area contributed by atoms with Crippen molar-refractivity contribution in [3.05, 3.63) is 11.9 Å². The van der Waals surface area contributed by atoms with Gasteiger partial charge in [0.25, 0.3) is 0 Å². The van der Waals surface area contributed by atoms with Crippen LogP contribution in [0.15, 0.2) is 6.20 Å². The number of rotatable bonds is 2. The van der Waals surface area contributed by atoms with Gasteiger partial charge in [-0.3, -0.25) is 4.79 Å². The Kier molecular flexibility index (Phi) is 2.77. The van der Waals surface area contributed by atoms with Crippen molar-refractivity contribution < 1.29 is 23.1 Å². The van der Waals surface area contributed by atoms with Gasteiger partial charge in [-0.2, -0.15) is 13.2 Å². The largest absolute Gasteiger partial charge is 0.471 e. The van der Waals surface area contributed by atoms with Gasteiger partial charge in [0.05, 0.1) is 18.8 Å². The van der Waals surface area contributed by atoms with E-state index in [1.54, 1.807) is 0 Å². The second-order valence-corrected chi connectivity index (χ2v) is 3.71. The molecule has 0 aromatic carbocycles. The van der Waals surface area contributed by atoms with E-state index in [4.69, 9.17) is 5.11 Å². The summed E-state index contributed by atoms with van der Waals surface area (Å²) in [6, 6.07) is -0.311. The Bertz CT molecular complexity index is 425. The maximum atomic E-state index is 12.0. The Labute approximate surface area is 93.6 Å². The second-order valence-electron chi connectivity index (χ2n) is 3.71. The van der Waals surface area contributed by atoms with Crippen molar-refractivity contribution in [1.29, 1.82) is 0 Å². The van der Waals surface area contributed by atoms with Crippen LogP contribution in [0.3, 0.4) is 0 Å². The molecular formula is C8H9F3N4O2. The van der Waals surface area contributed by atoms with Crippen molar-refractivity contribution in [2.24, 2.45) is 0 Å². The van der Waals surface area contributed by atoms with E-state index in [-0.39, 0.29) is 25.7 Å². The highest BCUT2D eigenvalue weighted by Gasteiger charge is 2.47. The van der Waals surface area contributed by atoms with Gasteiger partial charge in [0.1, 0.15) is 5.69 Å². The first kappa shape index (κ1) is 11.8. The number of nitrogens with zero attached hydrogens (tertiary/aromatic N) is 4. The van der Waals surface area contributed by atoms with Crippen LogP contribution in [0.2, 0.25) is 0 Å². The summed E-state index contributed by atoms with van der Waals surface area (Å²) in [6.07, 6.45) is -3.39. The van der Waals surface area contributed by atoms with Crippen molar-refractivity contribution in [3.63, 3.8) is 0 Å². The lowest BCUT2D eigenvalue weighted by atomic mass is 10.1. The van der Waals surface area contributed by atoms with Gasteiger partial charge in [0.15, 0.2) is 0 Å². The van der Waals surface area contributed by atoms with Gasteiger partial charge in [0.2, 0.25) is 0 Å². The summed E-state index contributed by atoms with van der Waals surface area (Å²) in [7, 11) is 0. The zero-order valence-corrected chi connectivity index (χ0v) is 8.55. The number of aromatic nitrogens is 3. The van der Waals surface area contributed by atoms with Crippen LogP contribution >= 0.6 is 0 Å². The van der Waals surface area contributed by atoms with Crippen LogP contribution in [0.5, 0.6) is 0 Å². The van der Waals surface area contributed by atoms with Crippen molar-refractivity contribution in [3.8, 4) is 0 Å². The summed E-state index contributed by atoms with van der Waals surface area (Å²) in [5, 5.41) is 16.0. The molecule has 0 aliphatic carbocycles. The minimum Gasteiger partial charge on any atom is -0.390 e. The third-order valence-electron chi connectivity index (χ3n) is 2.49. The summed E-state index contributed by atoms with van der Waals surface area (Å²) in [6.45, 7) is -0.378. The Morgan fingerprint density at radius 3 is 2.65 bits per heavy atom. The van der Waals surface area contributed by atoms with Gasteiger partial charge < -0.3 is 10.0 Å². The summed E-state index contributed by atoms with van der Waals surface area (Å²) >= 11 is 0. The molecule has 0 spiro atoms. The molecule has 2 heterocycles. The molecular weight excluding hydrogens is 241 g/mol. The van der Waals surface area contributed by atoms with Gasteiger partial charge in [0, 0.05) is 13.1 Å². The lowest BCUT2D eigenvalue weighted by Crippen LogP contribution is -2.55. The molecule has 1 aromatic heterocycles. The smallest absolute Gasteiger partial charge is 0.390 e. The Balaban J connectivity index is 1.93. The summed E-state index contributed by atoms with van der Waals surface area (Å²) in [4.78, 5) is 11.5. The molecule has 94 valence electrons. The number of carbonyl (C=O) groups excluding carboxylic acids is 1. The molecule has 2 rings (SSSR count). The second kappa shape index (κ2) is 3.99. The standard InChI is InChI=1S/C8H9F3N4O2/c9-8(10,11)7(17)14-2-6(3-14)15-1-5(4-16)12-13-15/h1,6,16H,2-4H2. The highest BCUT2D eigenvalue weighted by atomic mass is 19.4. The lowest BCUT2D eigenvalue weighted by Gasteiger charge is -2.38. The predicted octanol–water partition coefficient (Wildman–Crippen LogP) is -0.284. The fraction of sp³-hybridized carbons (Fsp3) is 0.625. The van der Waals surface area contributed by atoms with E-state index in [0.29, 0.717) is 10.6 Å². The molecule has 0 saturated carbocycles. The van der Waals surface area contributed by atoms with E-state index in [9.17, 15) is 18.0 Å². The molecule has 1 N–H and O–H groups in total. The summed E-state index contributed by atoms with van der Waals surface area (Å²) in [5.74, 6) is -1.84. The number of likely N-dealkylation sites (tertiary alicyclic amines) is 1. The number of aliphatic hydroxyl groups excluding tert-OH is 1. The van der Waals surface area contributed by atoms with E-state index < -0.39 is 12.1 Å². The fourth-order valence-electron chi connectivity index (χ4n) is 1.53. The predicted molar refractivity (Wildman–Crippen MR) is 47.6 cm³/mol. The number of halogens is 3. The maximum Gasteiger partial charge on any atom is 0.471 e. The van der Waals surface area contributed by atoms with Crippen LogP contribution in [-0.4, -0.2) is 50.2 Å². The molecule has 1 fully saturated rings. The summed E-state index contributed by atoms with van der Waals surface area (Å²) < 4.78 is 37.5. The molecule has 0 radical (unpaired) electrons. The molecule has 1 amide bonds. The van der Waals surface area contributed by atoms with Gasteiger partial charge in [-0.15, -0.1) is 5.10 Å². The molecule has 17 heavy (non-hydrogen) atoms. The third-order valence-corrected chi connectivity index (χ3v) is 2.49. The number of hydrogen-bond donors (Lipinski definition) is 1. The van der Waals surface area contributed by atoms with E-state index in [1.165, 1.54) is 10.9 Å². The van der Waals surface area contributed by atoms with Crippen LogP contribution in [0, 0.1) is 0 Å². The van der Waals surface area contributed by atoms with E-state index in [1.807, 2.05) is 0 Å². The lowest BCUT2D eigenvalue weighted by molar-refractivity contribution is -0.191. The van der Waals surface area contributed by atoms with Gasteiger partial charge in [-0.25, -0.2) is 4.68 Å². The third kappa shape index (κ3) is 2.23. The number of carbonyl (C=O) groups is 1. The minimum atomic E-state index is -4.83. The fourth-order valence-corrected chi connectivity index (χ4v) is 1.53. The summed E-state index contributed by atoms with van der Waals surface area (Å²) in [5.41, 5.74) is 0.339. The number of aliphatic hydroxyl groups is 1. The number of hydrogen-bond acceptors (Lipinski definition) is 4. The topological polar surface area (TPSA) is 71.2 Å². The minimum absolute atomic E-state index is 0.0490. The zero-order chi connectivity index (χ0) is 12.6. The first-order chi connectivity index (χ1) is 7.91. The zero-order valence-electron chi connectivity index (χ0n) is 8.55. The van der Waals surface area contributed by atoms with Crippen LogP contribution in [0.1, 0.15) is 11.7 Å².